The molecule has 43 heavy (non-hydrogen) atoms. The predicted octanol–water partition coefficient (Wildman–Crippen LogP) is 6.89. The summed E-state index contributed by atoms with van der Waals surface area (Å²) in [5.74, 6) is -0.180. The van der Waals surface area contributed by atoms with Gasteiger partial charge in [0.1, 0.15) is 23.4 Å². The molecule has 2 atom stereocenters. The van der Waals surface area contributed by atoms with Crippen LogP contribution in [0.1, 0.15) is 95.4 Å². The summed E-state index contributed by atoms with van der Waals surface area (Å²) in [5, 5.41) is 16.9. The van der Waals surface area contributed by atoms with Gasteiger partial charge in [-0.15, -0.1) is 0 Å². The van der Waals surface area contributed by atoms with Crippen molar-refractivity contribution in [2.45, 2.75) is 104 Å². The number of carbonyl (C=O) groups is 3. The zero-order valence-electron chi connectivity index (χ0n) is 26.8. The first-order valence-electron chi connectivity index (χ1n) is 15.4. The number of rotatable bonds is 17. The summed E-state index contributed by atoms with van der Waals surface area (Å²) in [6.07, 6.45) is 7.63. The number of aromatic hydroxyl groups is 1. The van der Waals surface area contributed by atoms with E-state index >= 15 is 0 Å². The normalized spacial score (nSPS) is 12.7. The number of nitrogens with zero attached hydrogens (tertiary/aromatic N) is 1. The van der Waals surface area contributed by atoms with Gasteiger partial charge >= 0.3 is 6.09 Å². The van der Waals surface area contributed by atoms with E-state index in [0.717, 1.165) is 37.7 Å². The molecule has 2 rings (SSSR count). The second-order valence-corrected chi connectivity index (χ2v) is 12.9. The van der Waals surface area contributed by atoms with Gasteiger partial charge in [-0.25, -0.2) is 4.79 Å². The number of aryl methyl sites for hydroxylation is 1. The molecule has 3 amide bonds. The fraction of sp³-hybridized carbons (Fsp3) is 0.559. The Kier molecular flexibility index (Phi) is 15.5. The number of unbranched alkanes of at least 4 members (excludes halogenated alkanes) is 5. The summed E-state index contributed by atoms with van der Waals surface area (Å²) in [6, 6.07) is 12.8. The van der Waals surface area contributed by atoms with E-state index in [-0.39, 0.29) is 18.2 Å². The maximum atomic E-state index is 14.4. The molecule has 0 aromatic heterocycles. The molecule has 0 spiro atoms. The third kappa shape index (κ3) is 12.5. The maximum absolute atomic E-state index is 14.4. The zero-order chi connectivity index (χ0) is 31.8. The van der Waals surface area contributed by atoms with Crippen LogP contribution >= 0.6 is 11.8 Å². The second kappa shape index (κ2) is 18.5. The van der Waals surface area contributed by atoms with Gasteiger partial charge in [0.05, 0.1) is 0 Å². The lowest BCUT2D eigenvalue weighted by Gasteiger charge is -2.35. The van der Waals surface area contributed by atoms with Crippen molar-refractivity contribution in [1.29, 1.82) is 0 Å². The molecule has 3 N–H and O–H groups in total. The van der Waals surface area contributed by atoms with Crippen molar-refractivity contribution in [3.8, 4) is 5.75 Å². The molecule has 0 radical (unpaired) electrons. The molecule has 0 aliphatic rings. The van der Waals surface area contributed by atoms with E-state index in [1.165, 1.54) is 4.90 Å². The van der Waals surface area contributed by atoms with Gasteiger partial charge < -0.3 is 25.4 Å². The van der Waals surface area contributed by atoms with Crippen LogP contribution in [-0.4, -0.2) is 58.1 Å². The Morgan fingerprint density at radius 1 is 0.977 bits per heavy atom. The van der Waals surface area contributed by atoms with E-state index in [9.17, 15) is 19.5 Å². The molecule has 2 unspecified atom stereocenters. The van der Waals surface area contributed by atoms with E-state index < -0.39 is 29.7 Å². The van der Waals surface area contributed by atoms with Crippen LogP contribution in [0.15, 0.2) is 48.5 Å². The smallest absolute Gasteiger partial charge is 0.408 e. The Morgan fingerprint density at radius 3 is 2.30 bits per heavy atom. The topological polar surface area (TPSA) is 108 Å². The van der Waals surface area contributed by atoms with E-state index in [4.69, 9.17) is 4.74 Å². The van der Waals surface area contributed by atoms with Crippen molar-refractivity contribution in [2.24, 2.45) is 0 Å². The highest BCUT2D eigenvalue weighted by molar-refractivity contribution is 7.98. The number of amides is 3. The number of hydrogen-bond acceptors (Lipinski definition) is 6. The molecule has 0 saturated heterocycles. The number of alkyl carbamates (subject to hydrolysis) is 1. The molecule has 9 heteroatoms. The van der Waals surface area contributed by atoms with Crippen molar-refractivity contribution in [1.82, 2.24) is 15.5 Å². The molecule has 238 valence electrons. The Hall–Kier alpha value is -3.20. The number of para-hydroxylation sites is 1. The number of phenols is 1. The minimum atomic E-state index is -1.09. The lowest BCUT2D eigenvalue weighted by molar-refractivity contribution is -0.142. The summed E-state index contributed by atoms with van der Waals surface area (Å²) in [4.78, 5) is 42.8. The third-order valence-corrected chi connectivity index (χ3v) is 7.71. The van der Waals surface area contributed by atoms with Gasteiger partial charge in [-0.05, 0) is 63.7 Å². The van der Waals surface area contributed by atoms with Crippen LogP contribution in [0.3, 0.4) is 0 Å². The average molecular weight is 614 g/mol. The van der Waals surface area contributed by atoms with Crippen molar-refractivity contribution >= 4 is 29.7 Å². The second-order valence-electron chi connectivity index (χ2n) is 11.9. The Bertz CT molecular complexity index is 1150. The number of thioether (sulfide) groups is 1. The van der Waals surface area contributed by atoms with Crippen LogP contribution < -0.4 is 10.6 Å². The first-order valence-corrected chi connectivity index (χ1v) is 16.8. The molecule has 2 aromatic rings. The van der Waals surface area contributed by atoms with E-state index in [1.807, 2.05) is 36.6 Å². The number of ether oxygens (including phenoxy) is 1. The van der Waals surface area contributed by atoms with E-state index in [0.29, 0.717) is 36.3 Å². The molecule has 0 aliphatic heterocycles. The third-order valence-electron chi connectivity index (χ3n) is 7.07. The summed E-state index contributed by atoms with van der Waals surface area (Å²) in [7, 11) is 0. The molecule has 2 aromatic carbocycles. The molecular weight excluding hydrogens is 562 g/mol. The summed E-state index contributed by atoms with van der Waals surface area (Å²) >= 11 is 1.57. The molecule has 0 bridgehead atoms. The van der Waals surface area contributed by atoms with Crippen LogP contribution in [0.4, 0.5) is 4.79 Å². The minimum Gasteiger partial charge on any atom is -0.507 e. The zero-order valence-corrected chi connectivity index (χ0v) is 27.6. The highest BCUT2D eigenvalue weighted by Gasteiger charge is 2.37. The molecule has 8 nitrogen and oxygen atoms in total. The van der Waals surface area contributed by atoms with E-state index in [1.54, 1.807) is 57.7 Å². The Labute approximate surface area is 262 Å². The number of hydrogen-bond donors (Lipinski definition) is 3. The molecule has 0 fully saturated rings. The van der Waals surface area contributed by atoms with Crippen molar-refractivity contribution in [3.63, 3.8) is 0 Å². The number of nitrogens with one attached hydrogen (secondary N) is 2. The SMILES string of the molecule is CCCCCCCCN(C(=O)C(CCSC)NC(=O)OC(C)(C)C)C(C(=O)NCc1ccccc1)c1cccc(C)c1O. The van der Waals surface area contributed by atoms with Crippen LogP contribution in [0, 0.1) is 6.92 Å². The molecule has 0 saturated carbocycles. The van der Waals surface area contributed by atoms with Crippen LogP contribution in [0.2, 0.25) is 0 Å². The fourth-order valence-electron chi connectivity index (χ4n) is 4.81. The standard InChI is InChI=1S/C34H51N3O5S/c1-7-8-9-10-11-15-22-37(32(40)28(21-23-43-6)36-33(41)42-34(3,4)5)29(27-20-16-17-25(2)30(27)38)31(39)35-24-26-18-13-12-14-19-26/h12-14,16-20,28-29,38H,7-11,15,21-24H2,1-6H3,(H,35,39)(H,36,41). The van der Waals surface area contributed by atoms with Crippen molar-refractivity contribution in [2.75, 3.05) is 18.6 Å². The minimum absolute atomic E-state index is 0.0242. The summed E-state index contributed by atoms with van der Waals surface area (Å²) in [6.45, 7) is 9.81. The fourth-order valence-corrected chi connectivity index (χ4v) is 5.28. The highest BCUT2D eigenvalue weighted by atomic mass is 32.2. The van der Waals surface area contributed by atoms with Gasteiger partial charge in [-0.2, -0.15) is 11.8 Å². The monoisotopic (exact) mass is 613 g/mol. The van der Waals surface area contributed by atoms with Crippen LogP contribution in [-0.2, 0) is 20.9 Å². The van der Waals surface area contributed by atoms with Gasteiger partial charge in [0.25, 0.3) is 0 Å². The lowest BCUT2D eigenvalue weighted by Crippen LogP contribution is -2.53. The van der Waals surface area contributed by atoms with Gasteiger partial charge in [0, 0.05) is 18.7 Å². The first kappa shape index (κ1) is 36.0. The van der Waals surface area contributed by atoms with Gasteiger partial charge in [-0.3, -0.25) is 9.59 Å². The number of carbonyl (C=O) groups excluding carboxylic acids is 3. The first-order chi connectivity index (χ1) is 20.5. The lowest BCUT2D eigenvalue weighted by atomic mass is 9.98. The van der Waals surface area contributed by atoms with Crippen LogP contribution in [0.25, 0.3) is 0 Å². The largest absolute Gasteiger partial charge is 0.507 e. The average Bonchev–Trinajstić information content (AvgIpc) is 2.96. The maximum Gasteiger partial charge on any atom is 0.408 e. The quantitative estimate of drug-likeness (QED) is 0.168. The van der Waals surface area contributed by atoms with Crippen LogP contribution in [0.5, 0.6) is 5.75 Å². The molecule has 0 heterocycles. The van der Waals surface area contributed by atoms with Gasteiger partial charge in [-0.1, -0.05) is 87.6 Å². The molecular formula is C34H51N3O5S. The predicted molar refractivity (Wildman–Crippen MR) is 175 cm³/mol. The number of phenolic OH excluding ortho intramolecular Hbond substituents is 1. The number of benzene rings is 2. The Morgan fingerprint density at radius 2 is 1.65 bits per heavy atom. The highest BCUT2D eigenvalue weighted by Crippen LogP contribution is 2.33. The van der Waals surface area contributed by atoms with Gasteiger partial charge in [0.2, 0.25) is 11.8 Å². The summed E-state index contributed by atoms with van der Waals surface area (Å²) < 4.78 is 5.48. The van der Waals surface area contributed by atoms with E-state index in [2.05, 4.69) is 17.6 Å². The van der Waals surface area contributed by atoms with Crippen molar-refractivity contribution in [3.05, 3.63) is 65.2 Å². The van der Waals surface area contributed by atoms with Crippen molar-refractivity contribution < 1.29 is 24.2 Å². The van der Waals surface area contributed by atoms with Gasteiger partial charge in [0.15, 0.2) is 0 Å². The molecule has 0 aliphatic carbocycles. The Balaban J connectivity index is 2.49. The summed E-state index contributed by atoms with van der Waals surface area (Å²) in [5.41, 5.74) is 1.14.